The van der Waals surface area contributed by atoms with Gasteiger partial charge in [0.1, 0.15) is 12.2 Å². The van der Waals surface area contributed by atoms with E-state index in [0.717, 1.165) is 11.3 Å². The Morgan fingerprint density at radius 1 is 1.67 bits per heavy atom. The van der Waals surface area contributed by atoms with E-state index in [2.05, 4.69) is 15.7 Å². The number of nitrogens with two attached hydrogens (primary N) is 1. The lowest BCUT2D eigenvalue weighted by Crippen LogP contribution is -2.46. The van der Waals surface area contributed by atoms with Gasteiger partial charge in [-0.2, -0.15) is 0 Å². The van der Waals surface area contributed by atoms with Crippen LogP contribution < -0.4 is 16.5 Å². The van der Waals surface area contributed by atoms with Crippen LogP contribution in [0, 0.1) is 0 Å². The lowest BCUT2D eigenvalue weighted by molar-refractivity contribution is -0.120. The van der Waals surface area contributed by atoms with E-state index < -0.39 is 0 Å². The lowest BCUT2D eigenvalue weighted by atomic mass is 10.1. The summed E-state index contributed by atoms with van der Waals surface area (Å²) in [5, 5.41) is 5.16. The van der Waals surface area contributed by atoms with Crippen molar-refractivity contribution in [2.75, 3.05) is 0 Å². The van der Waals surface area contributed by atoms with Crippen molar-refractivity contribution in [3.63, 3.8) is 0 Å². The third kappa shape index (κ3) is 1.22. The molecule has 0 aliphatic carbocycles. The monoisotopic (exact) mass is 205 g/mol. The van der Waals surface area contributed by atoms with Crippen molar-refractivity contribution in [3.05, 3.63) is 23.7 Å². The molecule has 1 amide bonds. The first-order valence-corrected chi connectivity index (χ1v) is 4.80. The number of primary amides is 1. The van der Waals surface area contributed by atoms with E-state index in [1.54, 1.807) is 12.4 Å². The minimum Gasteiger partial charge on any atom is -0.368 e. The van der Waals surface area contributed by atoms with Gasteiger partial charge in [0.25, 0.3) is 0 Å². The number of rotatable bonds is 1. The number of amides is 1. The molecule has 2 atom stereocenters. The van der Waals surface area contributed by atoms with E-state index in [-0.39, 0.29) is 18.1 Å². The van der Waals surface area contributed by atoms with Gasteiger partial charge in [0, 0.05) is 24.4 Å². The molecule has 0 saturated carbocycles. The predicted molar refractivity (Wildman–Crippen MR) is 54.2 cm³/mol. The van der Waals surface area contributed by atoms with Crippen molar-refractivity contribution in [2.45, 2.75) is 18.6 Å². The topological polar surface area (TPSA) is 82.8 Å². The average molecular weight is 205 g/mol. The first kappa shape index (κ1) is 8.49. The Bertz CT molecular complexity index is 411. The number of carbonyl (C=O) groups excluding carboxylic acids is 1. The third-order valence-electron chi connectivity index (χ3n) is 2.77. The summed E-state index contributed by atoms with van der Waals surface area (Å²) in [6.07, 6.45) is 6.24. The Balaban J connectivity index is 1.85. The van der Waals surface area contributed by atoms with Gasteiger partial charge >= 0.3 is 0 Å². The van der Waals surface area contributed by atoms with Crippen LogP contribution in [0.2, 0.25) is 0 Å². The second-order valence-electron chi connectivity index (χ2n) is 3.79. The number of hydrazine groups is 1. The highest BCUT2D eigenvalue weighted by molar-refractivity contribution is 5.88. The van der Waals surface area contributed by atoms with Crippen molar-refractivity contribution >= 4 is 12.1 Å². The molecular weight excluding hydrogens is 194 g/mol. The standard InChI is InChI=1S/C9H11N5O/c10-9(15)6-1-8-12-7-3-11-2-5(7)4-14(8)13-6/h2-4,6,8,12-13H,1H2,(H2,10,15). The van der Waals surface area contributed by atoms with E-state index in [4.69, 9.17) is 5.73 Å². The van der Waals surface area contributed by atoms with E-state index in [1.807, 2.05) is 11.2 Å². The average Bonchev–Trinajstić information content (AvgIpc) is 2.77. The first-order chi connectivity index (χ1) is 7.24. The number of nitrogens with zero attached hydrogens (tertiary/aromatic N) is 2. The van der Waals surface area contributed by atoms with Gasteiger partial charge < -0.3 is 11.1 Å². The second-order valence-corrected chi connectivity index (χ2v) is 3.79. The molecule has 3 aliphatic heterocycles. The van der Waals surface area contributed by atoms with Crippen LogP contribution in [-0.2, 0) is 4.79 Å². The highest BCUT2D eigenvalue weighted by Crippen LogP contribution is 2.24. The molecular formula is C9H11N5O. The first-order valence-electron chi connectivity index (χ1n) is 4.80. The van der Waals surface area contributed by atoms with E-state index in [9.17, 15) is 4.79 Å². The number of fused-ring (bicyclic) bond motifs is 2. The maximum Gasteiger partial charge on any atom is 0.236 e. The smallest absolute Gasteiger partial charge is 0.236 e. The van der Waals surface area contributed by atoms with Crippen molar-refractivity contribution in [2.24, 2.45) is 10.7 Å². The third-order valence-corrected chi connectivity index (χ3v) is 2.77. The van der Waals surface area contributed by atoms with Crippen LogP contribution >= 0.6 is 0 Å². The van der Waals surface area contributed by atoms with Crippen LogP contribution in [0.15, 0.2) is 28.7 Å². The molecule has 3 rings (SSSR count). The summed E-state index contributed by atoms with van der Waals surface area (Å²) in [5.41, 5.74) is 10.3. The summed E-state index contributed by atoms with van der Waals surface area (Å²) in [6, 6.07) is -0.296. The van der Waals surface area contributed by atoms with Gasteiger partial charge in [0.2, 0.25) is 5.91 Å². The molecule has 3 aliphatic rings. The predicted octanol–water partition coefficient (Wildman–Crippen LogP) is -1.21. The molecule has 2 unspecified atom stereocenters. The number of carbonyl (C=O) groups is 1. The summed E-state index contributed by atoms with van der Waals surface area (Å²) in [7, 11) is 0. The molecule has 78 valence electrons. The van der Waals surface area contributed by atoms with Crippen LogP contribution in [0.5, 0.6) is 0 Å². The number of allylic oxidation sites excluding steroid dienone is 1. The molecule has 0 aromatic carbocycles. The molecule has 6 nitrogen and oxygen atoms in total. The summed E-state index contributed by atoms with van der Waals surface area (Å²) >= 11 is 0. The van der Waals surface area contributed by atoms with Gasteiger partial charge in [-0.05, 0) is 0 Å². The zero-order valence-electron chi connectivity index (χ0n) is 7.97. The molecule has 1 fully saturated rings. The normalized spacial score (nSPS) is 31.6. The number of hydrogen-bond acceptors (Lipinski definition) is 5. The van der Waals surface area contributed by atoms with Crippen LogP contribution in [0.4, 0.5) is 0 Å². The zero-order chi connectivity index (χ0) is 10.4. The van der Waals surface area contributed by atoms with E-state index in [1.165, 1.54) is 0 Å². The van der Waals surface area contributed by atoms with Crippen LogP contribution in [0.25, 0.3) is 0 Å². The SMILES string of the molecule is NC(=O)C1CC2NC3=CN=CC3=CN2N1. The van der Waals surface area contributed by atoms with Crippen LogP contribution in [0.1, 0.15) is 6.42 Å². The molecule has 3 heterocycles. The van der Waals surface area contributed by atoms with E-state index >= 15 is 0 Å². The van der Waals surface area contributed by atoms with Crippen molar-refractivity contribution in [3.8, 4) is 0 Å². The zero-order valence-corrected chi connectivity index (χ0v) is 7.97. The Kier molecular flexibility index (Phi) is 1.60. The van der Waals surface area contributed by atoms with Gasteiger partial charge in [-0.25, -0.2) is 5.43 Å². The summed E-state index contributed by atoms with van der Waals surface area (Å²) in [5.74, 6) is -0.322. The molecule has 0 radical (unpaired) electrons. The number of nitrogens with one attached hydrogen (secondary N) is 2. The minimum atomic E-state index is -0.322. The summed E-state index contributed by atoms with van der Waals surface area (Å²) in [4.78, 5) is 15.1. The Morgan fingerprint density at radius 3 is 3.33 bits per heavy atom. The van der Waals surface area contributed by atoms with Gasteiger partial charge in [-0.3, -0.25) is 14.8 Å². The maximum atomic E-state index is 11.0. The van der Waals surface area contributed by atoms with Gasteiger partial charge in [-0.15, -0.1) is 0 Å². The van der Waals surface area contributed by atoms with Gasteiger partial charge in [0.05, 0.1) is 11.9 Å². The maximum absolute atomic E-state index is 11.0. The largest absolute Gasteiger partial charge is 0.368 e. The fourth-order valence-corrected chi connectivity index (χ4v) is 1.98. The molecule has 1 saturated heterocycles. The number of aliphatic imine (C=N–C) groups is 1. The molecule has 15 heavy (non-hydrogen) atoms. The molecule has 6 heteroatoms. The van der Waals surface area contributed by atoms with Crippen molar-refractivity contribution in [1.82, 2.24) is 15.8 Å². The molecule has 0 aromatic heterocycles. The number of hydrogen-bond donors (Lipinski definition) is 3. The van der Waals surface area contributed by atoms with Crippen molar-refractivity contribution < 1.29 is 4.79 Å². The second kappa shape index (κ2) is 2.83. The molecule has 0 spiro atoms. The molecule has 0 aromatic rings. The Labute approximate surface area is 86.5 Å². The van der Waals surface area contributed by atoms with Crippen LogP contribution in [0.3, 0.4) is 0 Å². The Morgan fingerprint density at radius 2 is 2.53 bits per heavy atom. The lowest BCUT2D eigenvalue weighted by Gasteiger charge is -2.29. The summed E-state index contributed by atoms with van der Waals surface area (Å²) in [6.45, 7) is 0. The van der Waals surface area contributed by atoms with E-state index in [0.29, 0.717) is 6.42 Å². The van der Waals surface area contributed by atoms with Gasteiger partial charge in [0.15, 0.2) is 0 Å². The Hall–Kier alpha value is -1.82. The fourth-order valence-electron chi connectivity index (χ4n) is 1.98. The molecule has 4 N–H and O–H groups in total. The quantitative estimate of drug-likeness (QED) is 0.501. The van der Waals surface area contributed by atoms with Gasteiger partial charge in [-0.1, -0.05) is 0 Å². The highest BCUT2D eigenvalue weighted by Gasteiger charge is 2.36. The minimum absolute atomic E-state index is 0.0826. The van der Waals surface area contributed by atoms with Crippen LogP contribution in [-0.4, -0.2) is 29.3 Å². The van der Waals surface area contributed by atoms with Crippen molar-refractivity contribution in [1.29, 1.82) is 0 Å². The summed E-state index contributed by atoms with van der Waals surface area (Å²) < 4.78 is 0. The highest BCUT2D eigenvalue weighted by atomic mass is 16.1. The molecule has 0 bridgehead atoms. The fraction of sp³-hybridized carbons (Fsp3) is 0.333.